The molecule has 1 aromatic rings. The Balaban J connectivity index is 1.91. The molecule has 0 aliphatic carbocycles. The number of benzene rings is 1. The standard InChI is InChI=1S/C17H24ClN3O3/c1-11(2)16(19)17(23)20-9-15(22)21-7-8-24-14(10-21)12-5-3-4-6-13(12)18/h3-6,11,14,16H,7-10,19H2,1-2H3,(H,20,23)/t14?,16-/m0/s1. The van der Waals surface area contributed by atoms with Crippen molar-refractivity contribution in [2.45, 2.75) is 26.0 Å². The molecule has 0 radical (unpaired) electrons. The van der Waals surface area contributed by atoms with Gasteiger partial charge in [0.2, 0.25) is 11.8 Å². The summed E-state index contributed by atoms with van der Waals surface area (Å²) in [5.74, 6) is -0.443. The van der Waals surface area contributed by atoms with Gasteiger partial charge in [-0.05, 0) is 12.0 Å². The van der Waals surface area contributed by atoms with Gasteiger partial charge in [-0.15, -0.1) is 0 Å². The Morgan fingerprint density at radius 1 is 1.42 bits per heavy atom. The van der Waals surface area contributed by atoms with Gasteiger partial charge >= 0.3 is 0 Å². The van der Waals surface area contributed by atoms with Gasteiger partial charge in [0.1, 0.15) is 6.10 Å². The van der Waals surface area contributed by atoms with Crippen molar-refractivity contribution >= 4 is 23.4 Å². The molecule has 2 atom stereocenters. The summed E-state index contributed by atoms with van der Waals surface area (Å²) in [6.45, 7) is 5.00. The highest BCUT2D eigenvalue weighted by atomic mass is 35.5. The molecule has 6 nitrogen and oxygen atoms in total. The number of rotatable bonds is 5. The molecular weight excluding hydrogens is 330 g/mol. The van der Waals surface area contributed by atoms with Crippen LogP contribution in [0.2, 0.25) is 5.02 Å². The number of amides is 2. The molecule has 1 heterocycles. The Morgan fingerprint density at radius 3 is 2.79 bits per heavy atom. The fourth-order valence-corrected chi connectivity index (χ4v) is 2.75. The van der Waals surface area contributed by atoms with E-state index in [0.717, 1.165) is 5.56 Å². The van der Waals surface area contributed by atoms with Gasteiger partial charge in [0, 0.05) is 17.1 Å². The maximum absolute atomic E-state index is 12.3. The molecule has 0 aromatic heterocycles. The number of carbonyl (C=O) groups excluding carboxylic acids is 2. The zero-order chi connectivity index (χ0) is 17.7. The molecule has 24 heavy (non-hydrogen) atoms. The number of nitrogens with two attached hydrogens (primary N) is 1. The number of ether oxygens (including phenoxy) is 1. The van der Waals surface area contributed by atoms with Crippen LogP contribution >= 0.6 is 11.6 Å². The number of morpholine rings is 1. The molecule has 0 saturated carbocycles. The van der Waals surface area contributed by atoms with E-state index in [4.69, 9.17) is 22.1 Å². The Kier molecular flexibility index (Phi) is 6.60. The summed E-state index contributed by atoms with van der Waals surface area (Å²) in [4.78, 5) is 25.9. The molecule has 1 aromatic carbocycles. The lowest BCUT2D eigenvalue weighted by atomic mass is 10.1. The molecular formula is C17H24ClN3O3. The molecule has 0 bridgehead atoms. The Morgan fingerprint density at radius 2 is 2.12 bits per heavy atom. The molecule has 132 valence electrons. The van der Waals surface area contributed by atoms with E-state index in [-0.39, 0.29) is 30.4 Å². The second-order valence-corrected chi connectivity index (χ2v) is 6.62. The molecule has 3 N–H and O–H groups in total. The lowest BCUT2D eigenvalue weighted by molar-refractivity contribution is -0.139. The fraction of sp³-hybridized carbons (Fsp3) is 0.529. The first-order valence-corrected chi connectivity index (χ1v) is 8.45. The lowest BCUT2D eigenvalue weighted by Crippen LogP contribution is -2.50. The van der Waals surface area contributed by atoms with Gasteiger partial charge in [0.25, 0.3) is 0 Å². The third-order valence-electron chi connectivity index (χ3n) is 4.11. The first kappa shape index (κ1) is 18.7. The van der Waals surface area contributed by atoms with Crippen LogP contribution in [0.3, 0.4) is 0 Å². The van der Waals surface area contributed by atoms with Crippen LogP contribution in [-0.2, 0) is 14.3 Å². The van der Waals surface area contributed by atoms with E-state index < -0.39 is 6.04 Å². The molecule has 1 saturated heterocycles. The van der Waals surface area contributed by atoms with E-state index >= 15 is 0 Å². The Hall–Kier alpha value is -1.63. The first-order chi connectivity index (χ1) is 11.4. The minimum Gasteiger partial charge on any atom is -0.370 e. The van der Waals surface area contributed by atoms with Crippen molar-refractivity contribution in [2.75, 3.05) is 26.2 Å². The second kappa shape index (κ2) is 8.46. The van der Waals surface area contributed by atoms with Crippen LogP contribution in [-0.4, -0.2) is 49.0 Å². The van der Waals surface area contributed by atoms with Crippen molar-refractivity contribution in [1.29, 1.82) is 0 Å². The van der Waals surface area contributed by atoms with E-state index in [9.17, 15) is 9.59 Å². The lowest BCUT2D eigenvalue weighted by Gasteiger charge is -2.33. The average Bonchev–Trinajstić information content (AvgIpc) is 2.59. The third-order valence-corrected chi connectivity index (χ3v) is 4.45. The average molecular weight is 354 g/mol. The molecule has 7 heteroatoms. The van der Waals surface area contributed by atoms with E-state index in [0.29, 0.717) is 24.7 Å². The fourth-order valence-electron chi connectivity index (χ4n) is 2.50. The summed E-state index contributed by atoms with van der Waals surface area (Å²) in [6, 6.07) is 6.82. The SMILES string of the molecule is CC(C)[C@H](N)C(=O)NCC(=O)N1CCOC(c2ccccc2Cl)C1. The predicted octanol–water partition coefficient (Wildman–Crippen LogP) is 1.34. The summed E-state index contributed by atoms with van der Waals surface area (Å²) in [6.07, 6.45) is -0.259. The number of hydrogen-bond donors (Lipinski definition) is 2. The number of carbonyl (C=O) groups is 2. The van der Waals surface area contributed by atoms with Gasteiger partial charge in [0.05, 0.1) is 25.7 Å². The maximum atomic E-state index is 12.3. The maximum Gasteiger partial charge on any atom is 0.242 e. The van der Waals surface area contributed by atoms with E-state index in [1.54, 1.807) is 11.0 Å². The van der Waals surface area contributed by atoms with Crippen LogP contribution in [0.4, 0.5) is 0 Å². The monoisotopic (exact) mass is 353 g/mol. The summed E-state index contributed by atoms with van der Waals surface area (Å²) in [7, 11) is 0. The molecule has 1 aliphatic rings. The summed E-state index contributed by atoms with van der Waals surface area (Å²) >= 11 is 6.20. The van der Waals surface area contributed by atoms with Crippen LogP contribution in [0.15, 0.2) is 24.3 Å². The molecule has 2 amide bonds. The van der Waals surface area contributed by atoms with Crippen LogP contribution in [0.5, 0.6) is 0 Å². The molecule has 1 aliphatic heterocycles. The number of halogens is 1. The summed E-state index contributed by atoms with van der Waals surface area (Å²) < 4.78 is 5.73. The normalized spacial score (nSPS) is 19.2. The van der Waals surface area contributed by atoms with Gasteiger partial charge in [-0.3, -0.25) is 9.59 Å². The minimum absolute atomic E-state index is 0.0214. The van der Waals surface area contributed by atoms with Crippen molar-refractivity contribution in [3.8, 4) is 0 Å². The minimum atomic E-state index is -0.613. The first-order valence-electron chi connectivity index (χ1n) is 8.07. The van der Waals surface area contributed by atoms with E-state index in [1.807, 2.05) is 32.0 Å². The van der Waals surface area contributed by atoms with Gasteiger partial charge in [-0.1, -0.05) is 43.6 Å². The third kappa shape index (κ3) is 4.69. The van der Waals surface area contributed by atoms with Crippen LogP contribution in [0, 0.1) is 5.92 Å². The Labute approximate surface area is 147 Å². The van der Waals surface area contributed by atoms with Crippen LogP contribution in [0.25, 0.3) is 0 Å². The quantitative estimate of drug-likeness (QED) is 0.836. The molecule has 2 rings (SSSR count). The van der Waals surface area contributed by atoms with Gasteiger partial charge in [-0.25, -0.2) is 0 Å². The molecule has 0 spiro atoms. The number of hydrogen-bond acceptors (Lipinski definition) is 4. The number of nitrogens with one attached hydrogen (secondary N) is 1. The largest absolute Gasteiger partial charge is 0.370 e. The Bertz CT molecular complexity index is 594. The highest BCUT2D eigenvalue weighted by Crippen LogP contribution is 2.28. The van der Waals surface area contributed by atoms with E-state index in [1.165, 1.54) is 0 Å². The van der Waals surface area contributed by atoms with Crippen LogP contribution in [0.1, 0.15) is 25.5 Å². The van der Waals surface area contributed by atoms with Gasteiger partial charge in [-0.2, -0.15) is 0 Å². The summed E-state index contributed by atoms with van der Waals surface area (Å²) in [5, 5.41) is 3.22. The number of nitrogens with zero attached hydrogens (tertiary/aromatic N) is 1. The topological polar surface area (TPSA) is 84.7 Å². The highest BCUT2D eigenvalue weighted by molar-refractivity contribution is 6.31. The van der Waals surface area contributed by atoms with Crippen molar-refractivity contribution in [2.24, 2.45) is 11.7 Å². The van der Waals surface area contributed by atoms with Gasteiger partial charge < -0.3 is 20.7 Å². The van der Waals surface area contributed by atoms with Crippen LogP contribution < -0.4 is 11.1 Å². The predicted molar refractivity (Wildman–Crippen MR) is 92.5 cm³/mol. The van der Waals surface area contributed by atoms with Crippen molar-refractivity contribution in [1.82, 2.24) is 10.2 Å². The zero-order valence-electron chi connectivity index (χ0n) is 14.0. The van der Waals surface area contributed by atoms with Crippen molar-refractivity contribution < 1.29 is 14.3 Å². The smallest absolute Gasteiger partial charge is 0.242 e. The molecule has 1 fully saturated rings. The highest BCUT2D eigenvalue weighted by Gasteiger charge is 2.27. The molecule has 1 unspecified atom stereocenters. The zero-order valence-corrected chi connectivity index (χ0v) is 14.8. The summed E-state index contributed by atoms with van der Waals surface area (Å²) in [5.41, 5.74) is 6.63. The van der Waals surface area contributed by atoms with Gasteiger partial charge in [0.15, 0.2) is 0 Å². The van der Waals surface area contributed by atoms with Crippen molar-refractivity contribution in [3.63, 3.8) is 0 Å². The van der Waals surface area contributed by atoms with E-state index in [2.05, 4.69) is 5.32 Å². The second-order valence-electron chi connectivity index (χ2n) is 6.21. The van der Waals surface area contributed by atoms with Crippen molar-refractivity contribution in [3.05, 3.63) is 34.9 Å².